The zero-order valence-corrected chi connectivity index (χ0v) is 14.1. The monoisotopic (exact) mass is 341 g/mol. The fourth-order valence-corrected chi connectivity index (χ4v) is 5.07. The van der Waals surface area contributed by atoms with Crippen LogP contribution in [0.15, 0.2) is 67.1 Å². The highest BCUT2D eigenvalue weighted by Gasteiger charge is 2.34. The first kappa shape index (κ1) is 13.3. The van der Waals surface area contributed by atoms with Gasteiger partial charge in [0.2, 0.25) is 5.01 Å². The Morgan fingerprint density at radius 1 is 1.00 bits per heavy atom. The number of hydrogen-bond acceptors (Lipinski definition) is 3. The second-order valence-electron chi connectivity index (χ2n) is 6.22. The van der Waals surface area contributed by atoms with Gasteiger partial charge >= 0.3 is 5.65 Å². The number of para-hydroxylation sites is 1. The molecular formula is C20H13N4S+. The lowest BCUT2D eigenvalue weighted by atomic mass is 10.2. The van der Waals surface area contributed by atoms with Crippen LogP contribution >= 0.6 is 11.3 Å². The van der Waals surface area contributed by atoms with Gasteiger partial charge in [0.25, 0.3) is 0 Å². The van der Waals surface area contributed by atoms with Crippen molar-refractivity contribution < 1.29 is 4.57 Å². The SMILES string of the molecule is c1ccc(-n2c3ccncc3c3sc4[n+](c32)Cc2cccnc2-4)cc1. The Labute approximate surface area is 147 Å². The van der Waals surface area contributed by atoms with Gasteiger partial charge in [-0.3, -0.25) is 9.97 Å². The minimum Gasteiger partial charge on any atom is -0.264 e. The molecule has 5 heteroatoms. The van der Waals surface area contributed by atoms with Crippen LogP contribution in [0.25, 0.3) is 37.6 Å². The fourth-order valence-electron chi connectivity index (χ4n) is 3.78. The largest absolute Gasteiger partial charge is 0.307 e. The summed E-state index contributed by atoms with van der Waals surface area (Å²) in [6.07, 6.45) is 5.72. The summed E-state index contributed by atoms with van der Waals surface area (Å²) in [4.78, 5) is 8.99. The fraction of sp³-hybridized carbons (Fsp3) is 0.0500. The van der Waals surface area contributed by atoms with Gasteiger partial charge in [-0.1, -0.05) is 35.6 Å². The molecule has 0 saturated carbocycles. The number of fused-ring (bicyclic) bond motifs is 7. The van der Waals surface area contributed by atoms with Gasteiger partial charge in [0.05, 0.1) is 5.39 Å². The summed E-state index contributed by atoms with van der Waals surface area (Å²) in [5.74, 6) is 0. The zero-order chi connectivity index (χ0) is 16.4. The number of hydrogen-bond donors (Lipinski definition) is 0. The number of nitrogens with zero attached hydrogens (tertiary/aromatic N) is 4. The van der Waals surface area contributed by atoms with Crippen molar-refractivity contribution in [1.82, 2.24) is 14.5 Å². The average Bonchev–Trinajstić information content (AvgIpc) is 3.30. The Hall–Kier alpha value is -3.05. The molecule has 1 aliphatic rings. The van der Waals surface area contributed by atoms with E-state index in [4.69, 9.17) is 0 Å². The molecule has 5 heterocycles. The molecule has 0 radical (unpaired) electrons. The van der Waals surface area contributed by atoms with E-state index in [0.29, 0.717) is 0 Å². The van der Waals surface area contributed by atoms with Crippen molar-refractivity contribution >= 4 is 32.6 Å². The van der Waals surface area contributed by atoms with Crippen LogP contribution in [0.5, 0.6) is 0 Å². The highest BCUT2D eigenvalue weighted by atomic mass is 32.1. The van der Waals surface area contributed by atoms with Crippen LogP contribution in [0.3, 0.4) is 0 Å². The van der Waals surface area contributed by atoms with Crippen molar-refractivity contribution in [3.63, 3.8) is 0 Å². The molecule has 0 saturated heterocycles. The molecule has 118 valence electrons. The maximum atomic E-state index is 4.62. The predicted molar refractivity (Wildman–Crippen MR) is 99.0 cm³/mol. The molecular weight excluding hydrogens is 328 g/mol. The Bertz CT molecular complexity index is 1270. The molecule has 0 atom stereocenters. The van der Waals surface area contributed by atoms with Crippen molar-refractivity contribution in [2.75, 3.05) is 0 Å². The highest BCUT2D eigenvalue weighted by molar-refractivity contribution is 7.22. The first-order valence-corrected chi connectivity index (χ1v) is 9.04. The Morgan fingerprint density at radius 2 is 1.92 bits per heavy atom. The lowest BCUT2D eigenvalue weighted by molar-refractivity contribution is -0.644. The summed E-state index contributed by atoms with van der Waals surface area (Å²) in [6.45, 7) is 0.870. The van der Waals surface area contributed by atoms with E-state index < -0.39 is 0 Å². The topological polar surface area (TPSA) is 34.6 Å². The van der Waals surface area contributed by atoms with Gasteiger partial charge in [-0.15, -0.1) is 0 Å². The van der Waals surface area contributed by atoms with Crippen LogP contribution < -0.4 is 4.57 Å². The maximum Gasteiger partial charge on any atom is 0.307 e. The Balaban J connectivity index is 1.79. The van der Waals surface area contributed by atoms with Gasteiger partial charge in [0.1, 0.15) is 28.1 Å². The van der Waals surface area contributed by atoms with Gasteiger partial charge in [0, 0.05) is 30.2 Å². The van der Waals surface area contributed by atoms with Crippen LogP contribution in [-0.4, -0.2) is 14.5 Å². The summed E-state index contributed by atoms with van der Waals surface area (Å²) >= 11 is 1.81. The molecule has 6 rings (SSSR count). The summed E-state index contributed by atoms with van der Waals surface area (Å²) in [5, 5.41) is 2.43. The molecule has 0 bridgehead atoms. The molecule has 0 fully saturated rings. The molecule has 0 aliphatic carbocycles. The minimum absolute atomic E-state index is 0.870. The van der Waals surface area contributed by atoms with Crippen LogP contribution in [-0.2, 0) is 6.54 Å². The predicted octanol–water partition coefficient (Wildman–Crippen LogP) is 3.95. The van der Waals surface area contributed by atoms with E-state index >= 15 is 0 Å². The van der Waals surface area contributed by atoms with Gasteiger partial charge < -0.3 is 0 Å². The van der Waals surface area contributed by atoms with Crippen molar-refractivity contribution in [2.45, 2.75) is 6.54 Å². The molecule has 4 nitrogen and oxygen atoms in total. The standard InChI is InChI=1S/C20H13N4S/c1-2-6-14(7-3-1)24-16-8-10-21-11-15(16)18-19(24)23-12-13-5-4-9-22-17(13)20(23)25-18/h1-11H,12H2/q+1. The molecule has 25 heavy (non-hydrogen) atoms. The third-order valence-corrected chi connectivity index (χ3v) is 6.05. The van der Waals surface area contributed by atoms with Crippen molar-refractivity contribution in [2.24, 2.45) is 0 Å². The van der Waals surface area contributed by atoms with Gasteiger partial charge in [-0.2, -0.15) is 4.57 Å². The summed E-state index contributed by atoms with van der Waals surface area (Å²) in [5.41, 5.74) is 6.00. The van der Waals surface area contributed by atoms with Crippen LogP contribution in [0.4, 0.5) is 0 Å². The van der Waals surface area contributed by atoms with E-state index in [1.807, 2.05) is 36.0 Å². The Morgan fingerprint density at radius 3 is 2.84 bits per heavy atom. The van der Waals surface area contributed by atoms with Crippen LogP contribution in [0.1, 0.15) is 5.56 Å². The number of thiazole rings is 1. The second kappa shape index (κ2) is 4.74. The van der Waals surface area contributed by atoms with E-state index in [0.717, 1.165) is 12.2 Å². The van der Waals surface area contributed by atoms with E-state index in [1.54, 1.807) is 0 Å². The van der Waals surface area contributed by atoms with E-state index in [-0.39, 0.29) is 0 Å². The van der Waals surface area contributed by atoms with Gasteiger partial charge in [0.15, 0.2) is 0 Å². The molecule has 0 unspecified atom stereocenters. The van der Waals surface area contributed by atoms with Crippen LogP contribution in [0, 0.1) is 0 Å². The number of pyridine rings is 2. The average molecular weight is 341 g/mol. The summed E-state index contributed by atoms with van der Waals surface area (Å²) < 4.78 is 6.02. The van der Waals surface area contributed by atoms with Gasteiger partial charge in [-0.05, 0) is 18.2 Å². The first-order valence-electron chi connectivity index (χ1n) is 8.22. The number of rotatable bonds is 1. The summed E-state index contributed by atoms with van der Waals surface area (Å²) in [7, 11) is 0. The zero-order valence-electron chi connectivity index (χ0n) is 13.3. The van der Waals surface area contributed by atoms with E-state index in [1.165, 1.54) is 37.5 Å². The number of aromatic nitrogens is 4. The molecule has 1 aromatic carbocycles. The lowest BCUT2D eigenvalue weighted by Crippen LogP contribution is -2.32. The van der Waals surface area contributed by atoms with Gasteiger partial charge in [-0.25, -0.2) is 4.57 Å². The molecule has 0 spiro atoms. The smallest absolute Gasteiger partial charge is 0.264 e. The second-order valence-corrected chi connectivity index (χ2v) is 7.22. The molecule has 4 aromatic heterocycles. The third kappa shape index (κ3) is 1.68. The quantitative estimate of drug-likeness (QED) is 0.424. The molecule has 1 aliphatic heterocycles. The normalized spacial score (nSPS) is 12.6. The highest BCUT2D eigenvalue weighted by Crippen LogP contribution is 2.40. The molecule has 5 aromatic rings. The third-order valence-electron chi connectivity index (χ3n) is 4.83. The van der Waals surface area contributed by atoms with Crippen molar-refractivity contribution in [3.05, 3.63) is 72.7 Å². The summed E-state index contributed by atoms with van der Waals surface area (Å²) in [6, 6.07) is 16.8. The van der Waals surface area contributed by atoms with Crippen molar-refractivity contribution in [1.29, 1.82) is 0 Å². The maximum absolute atomic E-state index is 4.62. The minimum atomic E-state index is 0.870. The van der Waals surface area contributed by atoms with Crippen LogP contribution in [0.2, 0.25) is 0 Å². The first-order chi connectivity index (χ1) is 12.4. The lowest BCUT2D eigenvalue weighted by Gasteiger charge is -2.00. The molecule has 0 N–H and O–H groups in total. The van der Waals surface area contributed by atoms with E-state index in [9.17, 15) is 0 Å². The Kier molecular flexibility index (Phi) is 2.51. The van der Waals surface area contributed by atoms with Crippen molar-refractivity contribution in [3.8, 4) is 16.4 Å². The molecule has 0 amide bonds. The number of benzene rings is 1. The van der Waals surface area contributed by atoms with E-state index in [2.05, 4.69) is 61.6 Å².